The van der Waals surface area contributed by atoms with Crippen molar-refractivity contribution in [2.45, 2.75) is 18.7 Å². The van der Waals surface area contributed by atoms with Crippen LogP contribution in [0, 0.1) is 0 Å². The van der Waals surface area contributed by atoms with E-state index in [0.717, 1.165) is 0 Å². The molecule has 0 radical (unpaired) electrons. The predicted molar refractivity (Wildman–Crippen MR) is 90.0 cm³/mol. The van der Waals surface area contributed by atoms with Crippen molar-refractivity contribution in [1.29, 1.82) is 0 Å². The molecule has 8 heteroatoms. The summed E-state index contributed by atoms with van der Waals surface area (Å²) in [4.78, 5) is 23.3. The molecule has 0 aliphatic heterocycles. The molecule has 0 spiro atoms. The lowest BCUT2D eigenvalue weighted by Crippen LogP contribution is -2.30. The van der Waals surface area contributed by atoms with Gasteiger partial charge in [0.2, 0.25) is 10.0 Å². The van der Waals surface area contributed by atoms with E-state index in [-0.39, 0.29) is 17.0 Å². The van der Waals surface area contributed by atoms with E-state index in [2.05, 4.69) is 11.9 Å². The van der Waals surface area contributed by atoms with Crippen LogP contribution >= 0.6 is 0 Å². The number of amides is 1. The molecule has 24 heavy (non-hydrogen) atoms. The van der Waals surface area contributed by atoms with Gasteiger partial charge in [-0.1, -0.05) is 19.9 Å². The summed E-state index contributed by atoms with van der Waals surface area (Å²) in [6.45, 7) is 7.56. The van der Waals surface area contributed by atoms with Crippen LogP contribution in [-0.2, 0) is 19.6 Å². The highest BCUT2D eigenvalue weighted by molar-refractivity contribution is 7.89. The second kappa shape index (κ2) is 9.19. The van der Waals surface area contributed by atoms with E-state index in [4.69, 9.17) is 4.74 Å². The highest BCUT2D eigenvalue weighted by Crippen LogP contribution is 2.16. The van der Waals surface area contributed by atoms with Gasteiger partial charge in [-0.3, -0.25) is 4.79 Å². The summed E-state index contributed by atoms with van der Waals surface area (Å²) >= 11 is 0. The molecule has 0 aliphatic carbocycles. The second-order valence-electron chi connectivity index (χ2n) is 4.78. The summed E-state index contributed by atoms with van der Waals surface area (Å²) in [6, 6.07) is 5.42. The Hall–Kier alpha value is -2.19. The van der Waals surface area contributed by atoms with Crippen molar-refractivity contribution in [3.63, 3.8) is 0 Å². The minimum Gasteiger partial charge on any atom is -0.452 e. The summed E-state index contributed by atoms with van der Waals surface area (Å²) in [5, 5.41) is 2.47. The molecule has 1 N–H and O–H groups in total. The van der Waals surface area contributed by atoms with Crippen molar-refractivity contribution in [2.75, 3.05) is 26.2 Å². The molecule has 1 aromatic carbocycles. The van der Waals surface area contributed by atoms with Gasteiger partial charge < -0.3 is 10.1 Å². The van der Waals surface area contributed by atoms with Gasteiger partial charge in [0.25, 0.3) is 5.91 Å². The van der Waals surface area contributed by atoms with Crippen LogP contribution in [0.1, 0.15) is 24.2 Å². The van der Waals surface area contributed by atoms with Gasteiger partial charge in [0.1, 0.15) is 0 Å². The number of sulfonamides is 1. The SMILES string of the molecule is C=CCNC(=O)COC(=O)c1ccc(S(=O)(=O)N(CC)CC)cc1. The molecular weight excluding hydrogens is 332 g/mol. The van der Waals surface area contributed by atoms with E-state index < -0.39 is 28.5 Å². The fourth-order valence-electron chi connectivity index (χ4n) is 1.93. The van der Waals surface area contributed by atoms with E-state index in [1.54, 1.807) is 13.8 Å². The molecule has 1 amide bonds. The van der Waals surface area contributed by atoms with Crippen molar-refractivity contribution in [1.82, 2.24) is 9.62 Å². The van der Waals surface area contributed by atoms with Crippen LogP contribution in [0.15, 0.2) is 41.8 Å². The zero-order chi connectivity index (χ0) is 18.2. The molecular formula is C16H22N2O5S. The average Bonchev–Trinajstić information content (AvgIpc) is 2.58. The number of ether oxygens (including phenoxy) is 1. The topological polar surface area (TPSA) is 92.8 Å². The maximum absolute atomic E-state index is 12.3. The number of nitrogens with zero attached hydrogens (tertiary/aromatic N) is 1. The summed E-state index contributed by atoms with van der Waals surface area (Å²) in [5.41, 5.74) is 0.171. The predicted octanol–water partition coefficient (Wildman–Crippen LogP) is 1.18. The van der Waals surface area contributed by atoms with Crippen molar-refractivity contribution >= 4 is 21.9 Å². The van der Waals surface area contributed by atoms with Crippen LogP contribution < -0.4 is 5.32 Å². The van der Waals surface area contributed by atoms with E-state index >= 15 is 0 Å². The van der Waals surface area contributed by atoms with Crippen LogP contribution in [0.2, 0.25) is 0 Å². The molecule has 0 saturated heterocycles. The third kappa shape index (κ3) is 5.17. The number of hydrogen-bond acceptors (Lipinski definition) is 5. The van der Waals surface area contributed by atoms with Crippen molar-refractivity contribution in [3.8, 4) is 0 Å². The molecule has 0 atom stereocenters. The first-order chi connectivity index (χ1) is 11.4. The van der Waals surface area contributed by atoms with Gasteiger partial charge in [-0.2, -0.15) is 4.31 Å². The third-order valence-corrected chi connectivity index (χ3v) is 5.28. The summed E-state index contributed by atoms with van der Waals surface area (Å²) in [6.07, 6.45) is 1.51. The first kappa shape index (κ1) is 19.9. The molecule has 132 valence electrons. The quantitative estimate of drug-likeness (QED) is 0.531. The van der Waals surface area contributed by atoms with E-state index in [0.29, 0.717) is 13.1 Å². The highest BCUT2D eigenvalue weighted by Gasteiger charge is 2.21. The minimum absolute atomic E-state index is 0.103. The molecule has 0 unspecified atom stereocenters. The van der Waals surface area contributed by atoms with Gasteiger partial charge in [0.05, 0.1) is 10.5 Å². The van der Waals surface area contributed by atoms with E-state index in [1.807, 2.05) is 0 Å². The molecule has 0 fully saturated rings. The van der Waals surface area contributed by atoms with Crippen LogP contribution in [0.4, 0.5) is 0 Å². The summed E-state index contributed by atoms with van der Waals surface area (Å²) < 4.78 is 30.9. The van der Waals surface area contributed by atoms with Crippen molar-refractivity contribution < 1.29 is 22.7 Å². The normalized spacial score (nSPS) is 11.1. The number of nitrogens with one attached hydrogen (secondary N) is 1. The lowest BCUT2D eigenvalue weighted by molar-refractivity contribution is -0.124. The van der Waals surface area contributed by atoms with Gasteiger partial charge in [-0.15, -0.1) is 6.58 Å². The maximum atomic E-state index is 12.3. The number of carbonyl (C=O) groups is 2. The van der Waals surface area contributed by atoms with Crippen molar-refractivity contribution in [2.24, 2.45) is 0 Å². The van der Waals surface area contributed by atoms with Crippen LogP contribution in [0.25, 0.3) is 0 Å². The third-order valence-electron chi connectivity index (χ3n) is 3.21. The first-order valence-corrected chi connectivity index (χ1v) is 8.95. The van der Waals surface area contributed by atoms with E-state index in [9.17, 15) is 18.0 Å². The van der Waals surface area contributed by atoms with Gasteiger partial charge >= 0.3 is 5.97 Å². The zero-order valence-corrected chi connectivity index (χ0v) is 14.6. The lowest BCUT2D eigenvalue weighted by atomic mass is 10.2. The maximum Gasteiger partial charge on any atom is 0.338 e. The van der Waals surface area contributed by atoms with Crippen LogP contribution in [0.5, 0.6) is 0 Å². The number of rotatable bonds is 9. The Morgan fingerprint density at radius 2 is 1.79 bits per heavy atom. The monoisotopic (exact) mass is 354 g/mol. The van der Waals surface area contributed by atoms with Gasteiger partial charge in [-0.25, -0.2) is 13.2 Å². The Morgan fingerprint density at radius 3 is 2.29 bits per heavy atom. The number of esters is 1. The smallest absolute Gasteiger partial charge is 0.338 e. The molecule has 0 heterocycles. The fourth-order valence-corrected chi connectivity index (χ4v) is 3.39. The Kier molecular flexibility index (Phi) is 7.60. The molecule has 1 aromatic rings. The number of hydrogen-bond donors (Lipinski definition) is 1. The van der Waals surface area contributed by atoms with Gasteiger partial charge in [-0.05, 0) is 24.3 Å². The number of carbonyl (C=O) groups excluding carboxylic acids is 2. The fraction of sp³-hybridized carbons (Fsp3) is 0.375. The van der Waals surface area contributed by atoms with E-state index in [1.165, 1.54) is 34.6 Å². The Bertz CT molecular complexity index is 679. The second-order valence-corrected chi connectivity index (χ2v) is 6.72. The molecule has 1 rings (SSSR count). The summed E-state index contributed by atoms with van der Waals surface area (Å²) in [7, 11) is -3.57. The highest BCUT2D eigenvalue weighted by atomic mass is 32.2. The van der Waals surface area contributed by atoms with Gasteiger partial charge in [0.15, 0.2) is 6.61 Å². The summed E-state index contributed by atoms with van der Waals surface area (Å²) in [5.74, 6) is -1.14. The molecule has 0 aliphatic rings. The molecule has 0 saturated carbocycles. The van der Waals surface area contributed by atoms with Gasteiger partial charge in [0, 0.05) is 19.6 Å². The zero-order valence-electron chi connectivity index (χ0n) is 13.8. The van der Waals surface area contributed by atoms with Crippen LogP contribution in [-0.4, -0.2) is 50.8 Å². The molecule has 7 nitrogen and oxygen atoms in total. The lowest BCUT2D eigenvalue weighted by Gasteiger charge is -2.18. The Labute approximate surface area is 142 Å². The average molecular weight is 354 g/mol. The molecule has 0 bridgehead atoms. The first-order valence-electron chi connectivity index (χ1n) is 7.51. The number of benzene rings is 1. The standard InChI is InChI=1S/C16H22N2O5S/c1-4-11-17-15(19)12-23-16(20)13-7-9-14(10-8-13)24(21,22)18(5-2)6-3/h4,7-10H,1,5-6,11-12H2,2-3H3,(H,17,19). The molecule has 0 aromatic heterocycles. The van der Waals surface area contributed by atoms with Crippen molar-refractivity contribution in [3.05, 3.63) is 42.5 Å². The Balaban J connectivity index is 2.75. The Morgan fingerprint density at radius 1 is 1.21 bits per heavy atom. The largest absolute Gasteiger partial charge is 0.452 e. The minimum atomic E-state index is -3.57. The van der Waals surface area contributed by atoms with Crippen LogP contribution in [0.3, 0.4) is 0 Å².